The summed E-state index contributed by atoms with van der Waals surface area (Å²) in [4.78, 5) is 31.7. The van der Waals surface area contributed by atoms with Crippen LogP contribution in [-0.4, -0.2) is 86.8 Å². The summed E-state index contributed by atoms with van der Waals surface area (Å²) in [5, 5.41) is 10.6. The van der Waals surface area contributed by atoms with Crippen molar-refractivity contribution in [2.24, 2.45) is 7.05 Å². The number of piperazine rings is 1. The van der Waals surface area contributed by atoms with Crippen LogP contribution in [0.2, 0.25) is 0 Å². The highest BCUT2D eigenvalue weighted by Gasteiger charge is 2.29. The average Bonchev–Trinajstić information content (AvgIpc) is 3.50. The van der Waals surface area contributed by atoms with Crippen molar-refractivity contribution in [3.8, 4) is 5.88 Å². The molecule has 0 radical (unpaired) electrons. The number of fused-ring (bicyclic) bond motifs is 1. The van der Waals surface area contributed by atoms with E-state index < -0.39 is 0 Å². The number of allylic oxidation sites excluding steroid dienone is 1. The SMILES string of the molecule is CCC(C(=O)Nc1nccc2c1CC=C2c1nc(Nc2cn(C)nc2OC)ncc1C)N1CCN(C)CC1. The molecule has 1 unspecified atom stereocenters. The Morgan fingerprint density at radius 1 is 1.18 bits per heavy atom. The molecule has 3 aromatic heterocycles. The molecule has 2 N–H and O–H groups in total. The number of ether oxygens (including phenoxy) is 1. The van der Waals surface area contributed by atoms with Crippen molar-refractivity contribution in [1.29, 1.82) is 0 Å². The number of carbonyl (C=O) groups is 1. The molecular formula is C27H35N9O2. The van der Waals surface area contributed by atoms with Crippen molar-refractivity contribution in [3.63, 3.8) is 0 Å². The molecular weight excluding hydrogens is 482 g/mol. The Morgan fingerprint density at radius 2 is 1.97 bits per heavy atom. The number of carbonyl (C=O) groups excluding carboxylic acids is 1. The van der Waals surface area contributed by atoms with Gasteiger partial charge in [-0.15, -0.1) is 5.10 Å². The number of aryl methyl sites for hydroxylation is 2. The number of methoxy groups -OCH3 is 1. The molecule has 38 heavy (non-hydrogen) atoms. The van der Waals surface area contributed by atoms with Crippen LogP contribution >= 0.6 is 0 Å². The Bertz CT molecular complexity index is 1360. The van der Waals surface area contributed by atoms with Gasteiger partial charge in [0.15, 0.2) is 0 Å². The zero-order valence-electron chi connectivity index (χ0n) is 22.7. The van der Waals surface area contributed by atoms with Gasteiger partial charge in [-0.05, 0) is 44.0 Å². The number of nitrogens with zero attached hydrogens (tertiary/aromatic N) is 7. The van der Waals surface area contributed by atoms with E-state index in [0.29, 0.717) is 29.8 Å². The Labute approximate surface area is 222 Å². The predicted octanol–water partition coefficient (Wildman–Crippen LogP) is 2.62. The number of anilines is 3. The van der Waals surface area contributed by atoms with Crippen molar-refractivity contribution < 1.29 is 9.53 Å². The molecule has 11 heteroatoms. The third-order valence-corrected chi connectivity index (χ3v) is 7.23. The van der Waals surface area contributed by atoms with Gasteiger partial charge in [-0.2, -0.15) is 0 Å². The summed E-state index contributed by atoms with van der Waals surface area (Å²) in [6.07, 6.45) is 8.94. The third-order valence-electron chi connectivity index (χ3n) is 7.23. The Balaban J connectivity index is 1.37. The molecule has 0 saturated carbocycles. The molecule has 0 aromatic carbocycles. The monoisotopic (exact) mass is 517 g/mol. The van der Waals surface area contributed by atoms with Gasteiger partial charge >= 0.3 is 0 Å². The van der Waals surface area contributed by atoms with E-state index in [-0.39, 0.29) is 11.9 Å². The molecule has 4 heterocycles. The third kappa shape index (κ3) is 5.11. The first-order chi connectivity index (χ1) is 18.4. The number of aromatic nitrogens is 5. The Morgan fingerprint density at radius 3 is 2.71 bits per heavy atom. The van der Waals surface area contributed by atoms with Crippen molar-refractivity contribution in [3.05, 3.63) is 53.1 Å². The first kappa shape index (κ1) is 25.8. The van der Waals surface area contributed by atoms with Gasteiger partial charge in [-0.25, -0.2) is 15.0 Å². The Hall–Kier alpha value is -3.83. The maximum atomic E-state index is 13.3. The smallest absolute Gasteiger partial charge is 0.256 e. The summed E-state index contributed by atoms with van der Waals surface area (Å²) in [7, 11) is 5.52. The first-order valence-electron chi connectivity index (χ1n) is 13.0. The van der Waals surface area contributed by atoms with E-state index in [1.54, 1.807) is 24.2 Å². The van der Waals surface area contributed by atoms with Crippen LogP contribution in [0, 0.1) is 6.92 Å². The van der Waals surface area contributed by atoms with Crippen LogP contribution in [0.4, 0.5) is 17.5 Å². The topological polar surface area (TPSA) is 113 Å². The van der Waals surface area contributed by atoms with Gasteiger partial charge in [0.2, 0.25) is 11.9 Å². The lowest BCUT2D eigenvalue weighted by molar-refractivity contribution is -0.122. The predicted molar refractivity (Wildman–Crippen MR) is 147 cm³/mol. The number of likely N-dealkylation sites (N-methyl/N-ethyl adjacent to an activating group) is 1. The molecule has 5 rings (SSSR count). The minimum atomic E-state index is -0.169. The molecule has 3 aromatic rings. The maximum absolute atomic E-state index is 13.3. The molecule has 1 aliphatic carbocycles. The number of pyridine rings is 1. The summed E-state index contributed by atoms with van der Waals surface area (Å²) in [6, 6.07) is 1.82. The van der Waals surface area contributed by atoms with E-state index in [1.165, 1.54) is 0 Å². The summed E-state index contributed by atoms with van der Waals surface area (Å²) >= 11 is 0. The van der Waals surface area contributed by atoms with Crippen LogP contribution in [0.25, 0.3) is 5.57 Å². The fourth-order valence-corrected chi connectivity index (χ4v) is 5.14. The molecule has 1 amide bonds. The largest absolute Gasteiger partial charge is 0.478 e. The number of hydrogen-bond acceptors (Lipinski definition) is 9. The van der Waals surface area contributed by atoms with Crippen molar-refractivity contribution in [2.75, 3.05) is 51.0 Å². The van der Waals surface area contributed by atoms with Crippen LogP contribution in [0.15, 0.2) is 30.7 Å². The fourth-order valence-electron chi connectivity index (χ4n) is 5.14. The highest BCUT2D eigenvalue weighted by molar-refractivity contribution is 5.96. The van der Waals surface area contributed by atoms with Gasteiger partial charge in [0, 0.05) is 56.8 Å². The standard InChI is InChI=1S/C27H35N9O2/c1-6-22(36-13-11-34(3)12-14-36)25(37)32-24-20-8-7-19(18(20)9-10-28-24)23-17(2)15-29-27(31-23)30-21-16-35(4)33-26(21)38-5/h7,9-10,15-16,22H,6,8,11-14H2,1-5H3,(H,28,32,37)(H,29,30,31). The zero-order valence-corrected chi connectivity index (χ0v) is 22.7. The number of hydrogen-bond donors (Lipinski definition) is 2. The highest BCUT2D eigenvalue weighted by atomic mass is 16.5. The first-order valence-corrected chi connectivity index (χ1v) is 13.0. The van der Waals surface area contributed by atoms with Gasteiger partial charge < -0.3 is 20.3 Å². The minimum absolute atomic E-state index is 0.00141. The fraction of sp³-hybridized carbons (Fsp3) is 0.444. The highest BCUT2D eigenvalue weighted by Crippen LogP contribution is 2.36. The lowest BCUT2D eigenvalue weighted by Gasteiger charge is -2.36. The lowest BCUT2D eigenvalue weighted by Crippen LogP contribution is -2.52. The molecule has 0 spiro atoms. The number of rotatable bonds is 8. The van der Waals surface area contributed by atoms with Crippen LogP contribution < -0.4 is 15.4 Å². The maximum Gasteiger partial charge on any atom is 0.256 e. The van der Waals surface area contributed by atoms with Crippen LogP contribution in [0.1, 0.15) is 35.7 Å². The van der Waals surface area contributed by atoms with Gasteiger partial charge in [0.1, 0.15) is 11.5 Å². The minimum Gasteiger partial charge on any atom is -0.478 e. The van der Waals surface area contributed by atoms with Crippen LogP contribution in [-0.2, 0) is 18.3 Å². The van der Waals surface area contributed by atoms with E-state index in [2.05, 4.69) is 55.5 Å². The second-order valence-corrected chi connectivity index (χ2v) is 9.84. The summed E-state index contributed by atoms with van der Waals surface area (Å²) in [6.45, 7) is 7.78. The lowest BCUT2D eigenvalue weighted by atomic mass is 10.0. The average molecular weight is 518 g/mol. The van der Waals surface area contributed by atoms with Crippen molar-refractivity contribution >= 4 is 28.9 Å². The van der Waals surface area contributed by atoms with Crippen LogP contribution in [0.5, 0.6) is 5.88 Å². The molecule has 11 nitrogen and oxygen atoms in total. The van der Waals surface area contributed by atoms with Crippen molar-refractivity contribution in [2.45, 2.75) is 32.7 Å². The molecule has 200 valence electrons. The van der Waals surface area contributed by atoms with Gasteiger partial charge in [-0.3, -0.25) is 14.4 Å². The number of amides is 1. The second kappa shape index (κ2) is 10.9. The quantitative estimate of drug-likeness (QED) is 0.465. The van der Waals surface area contributed by atoms with E-state index in [1.807, 2.05) is 26.2 Å². The van der Waals surface area contributed by atoms with E-state index >= 15 is 0 Å². The normalized spacial score (nSPS) is 16.6. The molecule has 1 fully saturated rings. The second-order valence-electron chi connectivity index (χ2n) is 9.84. The molecule has 1 saturated heterocycles. The summed E-state index contributed by atoms with van der Waals surface area (Å²) in [5.41, 5.74) is 5.50. The Kier molecular flexibility index (Phi) is 7.39. The molecule has 1 atom stereocenters. The van der Waals surface area contributed by atoms with Crippen molar-refractivity contribution in [1.82, 2.24) is 34.5 Å². The molecule has 2 aliphatic rings. The van der Waals surface area contributed by atoms with E-state index in [4.69, 9.17) is 9.72 Å². The summed E-state index contributed by atoms with van der Waals surface area (Å²) in [5.74, 6) is 1.54. The summed E-state index contributed by atoms with van der Waals surface area (Å²) < 4.78 is 7.01. The van der Waals surface area contributed by atoms with Gasteiger partial charge in [-0.1, -0.05) is 13.0 Å². The van der Waals surface area contributed by atoms with Gasteiger partial charge in [0.25, 0.3) is 5.88 Å². The zero-order chi connectivity index (χ0) is 26.8. The van der Waals surface area contributed by atoms with E-state index in [0.717, 1.165) is 60.6 Å². The van der Waals surface area contributed by atoms with E-state index in [9.17, 15) is 4.79 Å². The number of nitrogens with one attached hydrogen (secondary N) is 2. The molecule has 1 aliphatic heterocycles. The molecule has 0 bridgehead atoms. The van der Waals surface area contributed by atoms with Gasteiger partial charge in [0.05, 0.1) is 25.0 Å². The van der Waals surface area contributed by atoms with Crippen LogP contribution in [0.3, 0.4) is 0 Å².